The molecule has 0 aliphatic heterocycles. The zero-order valence-electron chi connectivity index (χ0n) is 9.81. The van der Waals surface area contributed by atoms with Crippen LogP contribution in [0.25, 0.3) is 0 Å². The summed E-state index contributed by atoms with van der Waals surface area (Å²) in [5.74, 6) is 0. The third-order valence-corrected chi connectivity index (χ3v) is 2.45. The SMILES string of the molecule is C/C=C(/CNC=O)N(C)Cc1ccccc1. The maximum Gasteiger partial charge on any atom is 0.207 e. The molecule has 16 heavy (non-hydrogen) atoms. The van der Waals surface area contributed by atoms with Crippen LogP contribution in [0.2, 0.25) is 0 Å². The van der Waals surface area contributed by atoms with Gasteiger partial charge in [0.25, 0.3) is 0 Å². The van der Waals surface area contributed by atoms with E-state index in [0.717, 1.165) is 18.7 Å². The van der Waals surface area contributed by atoms with Gasteiger partial charge in [-0.2, -0.15) is 0 Å². The summed E-state index contributed by atoms with van der Waals surface area (Å²) in [6, 6.07) is 10.3. The van der Waals surface area contributed by atoms with Gasteiger partial charge in [0.05, 0.1) is 6.54 Å². The highest BCUT2D eigenvalue weighted by atomic mass is 16.1. The van der Waals surface area contributed by atoms with Gasteiger partial charge in [0.1, 0.15) is 0 Å². The molecule has 1 aromatic rings. The number of nitrogens with zero attached hydrogens (tertiary/aromatic N) is 1. The van der Waals surface area contributed by atoms with E-state index in [1.54, 1.807) is 0 Å². The zero-order valence-corrected chi connectivity index (χ0v) is 9.81. The number of likely N-dealkylation sites (N-methyl/N-ethyl adjacent to an activating group) is 1. The lowest BCUT2D eigenvalue weighted by atomic mass is 10.2. The summed E-state index contributed by atoms with van der Waals surface area (Å²) < 4.78 is 0. The first-order chi connectivity index (χ1) is 7.77. The maximum atomic E-state index is 10.2. The second-order valence-electron chi connectivity index (χ2n) is 3.62. The van der Waals surface area contributed by atoms with Crippen molar-refractivity contribution < 1.29 is 4.79 Å². The minimum atomic E-state index is 0.573. The number of nitrogens with one attached hydrogen (secondary N) is 1. The van der Waals surface area contributed by atoms with Gasteiger partial charge in [0.2, 0.25) is 6.41 Å². The number of benzene rings is 1. The van der Waals surface area contributed by atoms with Gasteiger partial charge in [-0.15, -0.1) is 0 Å². The van der Waals surface area contributed by atoms with Crippen molar-refractivity contribution in [2.45, 2.75) is 13.5 Å². The lowest BCUT2D eigenvalue weighted by Gasteiger charge is -2.22. The molecule has 0 radical (unpaired) electrons. The molecule has 3 heteroatoms. The minimum Gasteiger partial charge on any atom is -0.372 e. The van der Waals surface area contributed by atoms with Crippen LogP contribution in [-0.2, 0) is 11.3 Å². The summed E-state index contributed by atoms with van der Waals surface area (Å²) in [4.78, 5) is 12.4. The fraction of sp³-hybridized carbons (Fsp3) is 0.308. The number of amides is 1. The van der Waals surface area contributed by atoms with Crippen LogP contribution in [0.15, 0.2) is 42.1 Å². The third-order valence-electron chi connectivity index (χ3n) is 2.45. The Morgan fingerprint density at radius 3 is 2.62 bits per heavy atom. The number of carbonyl (C=O) groups excluding carboxylic acids is 1. The summed E-state index contributed by atoms with van der Waals surface area (Å²) in [7, 11) is 2.02. The Hall–Kier alpha value is -1.77. The molecule has 1 N–H and O–H groups in total. The van der Waals surface area contributed by atoms with Crippen LogP contribution in [-0.4, -0.2) is 24.9 Å². The van der Waals surface area contributed by atoms with E-state index in [0.29, 0.717) is 6.54 Å². The van der Waals surface area contributed by atoms with Crippen LogP contribution < -0.4 is 5.32 Å². The maximum absolute atomic E-state index is 10.2. The van der Waals surface area contributed by atoms with Gasteiger partial charge >= 0.3 is 0 Å². The predicted octanol–water partition coefficient (Wildman–Crippen LogP) is 1.77. The molecule has 1 amide bonds. The van der Waals surface area contributed by atoms with Gasteiger partial charge in [0, 0.05) is 19.3 Å². The quantitative estimate of drug-likeness (QED) is 0.738. The van der Waals surface area contributed by atoms with Gasteiger partial charge < -0.3 is 10.2 Å². The van der Waals surface area contributed by atoms with E-state index >= 15 is 0 Å². The monoisotopic (exact) mass is 218 g/mol. The Kier molecular flexibility index (Phi) is 5.12. The molecule has 1 rings (SSSR count). The van der Waals surface area contributed by atoms with Gasteiger partial charge in [-0.05, 0) is 12.5 Å². The van der Waals surface area contributed by atoms with Crippen LogP contribution in [0.5, 0.6) is 0 Å². The van der Waals surface area contributed by atoms with Crippen LogP contribution in [0.4, 0.5) is 0 Å². The summed E-state index contributed by atoms with van der Waals surface area (Å²) in [5, 5.41) is 2.68. The highest BCUT2D eigenvalue weighted by molar-refractivity contribution is 5.46. The molecule has 0 unspecified atom stereocenters. The molecule has 0 heterocycles. The lowest BCUT2D eigenvalue weighted by molar-refractivity contribution is -0.109. The lowest BCUT2D eigenvalue weighted by Crippen LogP contribution is -2.26. The topological polar surface area (TPSA) is 32.3 Å². The molecular weight excluding hydrogens is 200 g/mol. The van der Waals surface area contributed by atoms with E-state index < -0.39 is 0 Å². The fourth-order valence-electron chi connectivity index (χ4n) is 1.56. The molecular formula is C13H18N2O. The molecule has 0 aromatic heterocycles. The highest BCUT2D eigenvalue weighted by Gasteiger charge is 2.03. The first kappa shape index (κ1) is 12.3. The number of hydrogen-bond donors (Lipinski definition) is 1. The van der Waals surface area contributed by atoms with Crippen molar-refractivity contribution in [2.75, 3.05) is 13.6 Å². The minimum absolute atomic E-state index is 0.573. The standard InChI is InChI=1S/C13H18N2O/c1-3-13(9-14-11-16)15(2)10-12-7-5-4-6-8-12/h3-8,11H,9-10H2,1-2H3,(H,14,16)/b13-3-. The molecule has 0 saturated carbocycles. The average Bonchev–Trinajstić information content (AvgIpc) is 2.31. The molecule has 3 nitrogen and oxygen atoms in total. The second kappa shape index (κ2) is 6.67. The molecule has 1 aromatic carbocycles. The van der Waals surface area contributed by atoms with Crippen molar-refractivity contribution in [3.63, 3.8) is 0 Å². The van der Waals surface area contributed by atoms with Gasteiger partial charge in [0.15, 0.2) is 0 Å². The van der Waals surface area contributed by atoms with Crippen LogP contribution in [0.3, 0.4) is 0 Å². The third kappa shape index (κ3) is 3.77. The Labute approximate surface area is 96.8 Å². The van der Waals surface area contributed by atoms with E-state index in [1.165, 1.54) is 5.56 Å². The van der Waals surface area contributed by atoms with E-state index in [2.05, 4.69) is 22.3 Å². The predicted molar refractivity (Wildman–Crippen MR) is 65.7 cm³/mol. The van der Waals surface area contributed by atoms with Gasteiger partial charge in [-0.1, -0.05) is 36.4 Å². The summed E-state index contributed by atoms with van der Waals surface area (Å²) in [5.41, 5.74) is 2.37. The number of rotatable bonds is 6. The van der Waals surface area contributed by atoms with E-state index in [9.17, 15) is 4.79 Å². The van der Waals surface area contributed by atoms with Crippen molar-refractivity contribution in [2.24, 2.45) is 0 Å². The molecule has 0 saturated heterocycles. The number of carbonyl (C=O) groups is 1. The van der Waals surface area contributed by atoms with Crippen molar-refractivity contribution in [1.82, 2.24) is 10.2 Å². The average molecular weight is 218 g/mol. The molecule has 0 aliphatic rings. The second-order valence-corrected chi connectivity index (χ2v) is 3.62. The van der Waals surface area contributed by atoms with E-state index in [4.69, 9.17) is 0 Å². The molecule has 0 spiro atoms. The molecule has 0 aliphatic carbocycles. The first-order valence-electron chi connectivity index (χ1n) is 5.35. The van der Waals surface area contributed by atoms with Crippen molar-refractivity contribution in [1.29, 1.82) is 0 Å². The van der Waals surface area contributed by atoms with Crippen LogP contribution in [0.1, 0.15) is 12.5 Å². The summed E-state index contributed by atoms with van der Waals surface area (Å²) in [6.45, 7) is 3.40. The molecule has 0 fully saturated rings. The molecule has 0 bridgehead atoms. The molecule has 0 atom stereocenters. The summed E-state index contributed by atoms with van der Waals surface area (Å²) in [6.07, 6.45) is 2.74. The fourth-order valence-corrected chi connectivity index (χ4v) is 1.56. The zero-order chi connectivity index (χ0) is 11.8. The smallest absolute Gasteiger partial charge is 0.207 e. The Bertz CT molecular complexity index is 346. The van der Waals surface area contributed by atoms with Crippen LogP contribution in [0, 0.1) is 0 Å². The first-order valence-corrected chi connectivity index (χ1v) is 5.35. The van der Waals surface area contributed by atoms with E-state index in [1.807, 2.05) is 38.2 Å². The Balaban J connectivity index is 2.56. The van der Waals surface area contributed by atoms with Crippen molar-refractivity contribution in [3.05, 3.63) is 47.7 Å². The number of hydrogen-bond acceptors (Lipinski definition) is 2. The number of allylic oxidation sites excluding steroid dienone is 1. The van der Waals surface area contributed by atoms with Crippen molar-refractivity contribution in [3.8, 4) is 0 Å². The van der Waals surface area contributed by atoms with Crippen molar-refractivity contribution >= 4 is 6.41 Å². The Morgan fingerprint density at radius 1 is 1.38 bits per heavy atom. The normalized spacial score (nSPS) is 11.0. The largest absolute Gasteiger partial charge is 0.372 e. The van der Waals surface area contributed by atoms with E-state index in [-0.39, 0.29) is 0 Å². The summed E-state index contributed by atoms with van der Waals surface area (Å²) >= 11 is 0. The molecule has 86 valence electrons. The highest BCUT2D eigenvalue weighted by Crippen LogP contribution is 2.07. The van der Waals surface area contributed by atoms with Gasteiger partial charge in [-0.3, -0.25) is 4.79 Å². The van der Waals surface area contributed by atoms with Gasteiger partial charge in [-0.25, -0.2) is 0 Å². The van der Waals surface area contributed by atoms with Crippen LogP contribution >= 0.6 is 0 Å². The Morgan fingerprint density at radius 2 is 2.06 bits per heavy atom.